The van der Waals surface area contributed by atoms with Gasteiger partial charge >= 0.3 is 0 Å². The Kier molecular flexibility index (Phi) is 6.65. The highest BCUT2D eigenvalue weighted by Crippen LogP contribution is 2.23. The number of carbonyl (C=O) groups is 1. The third-order valence-electron chi connectivity index (χ3n) is 5.88. The van der Waals surface area contributed by atoms with Gasteiger partial charge < -0.3 is 15.0 Å². The highest BCUT2D eigenvalue weighted by Gasteiger charge is 2.25. The fraction of sp³-hybridized carbons (Fsp3) is 0.231. The minimum absolute atomic E-state index is 0.0147. The normalized spacial score (nSPS) is 15.6. The van der Waals surface area contributed by atoms with Crippen LogP contribution in [0.1, 0.15) is 28.8 Å². The van der Waals surface area contributed by atoms with Gasteiger partial charge in [0.05, 0.1) is 6.54 Å². The second-order valence-corrected chi connectivity index (χ2v) is 8.46. The van der Waals surface area contributed by atoms with Crippen LogP contribution in [0.3, 0.4) is 0 Å². The Hall–Kier alpha value is -4.27. The zero-order valence-electron chi connectivity index (χ0n) is 19.0. The van der Waals surface area contributed by atoms with Gasteiger partial charge in [-0.3, -0.25) is 4.79 Å². The summed E-state index contributed by atoms with van der Waals surface area (Å²) in [6.45, 7) is 1.94. The molecular formula is C26H25FN6O2. The first-order chi connectivity index (χ1) is 17.1. The van der Waals surface area contributed by atoms with E-state index >= 15 is 0 Å². The molecule has 35 heavy (non-hydrogen) atoms. The van der Waals surface area contributed by atoms with Crippen LogP contribution < -0.4 is 15.0 Å². The topological polar surface area (TPSA) is 85.2 Å². The van der Waals surface area contributed by atoms with Crippen molar-refractivity contribution in [1.29, 1.82) is 0 Å². The van der Waals surface area contributed by atoms with Crippen LogP contribution >= 0.6 is 0 Å². The SMILES string of the molecule is O=C(NC1CCCN(c2nnnn2Cc2ccc(Oc3cccc(F)c3)cc2)C1)c1ccccc1. The molecule has 8 nitrogen and oxygen atoms in total. The first kappa shape index (κ1) is 22.5. The standard InChI is InChI=1S/C26H25FN6O2/c27-21-8-4-10-24(16-21)35-23-13-11-19(12-14-23)17-33-26(29-30-31-33)32-15-5-9-22(18-32)28-25(34)20-6-2-1-3-7-20/h1-4,6-8,10-14,16,22H,5,9,15,17-18H2,(H,28,34). The molecule has 0 aliphatic carbocycles. The first-order valence-electron chi connectivity index (χ1n) is 11.5. The molecule has 4 aromatic rings. The summed E-state index contributed by atoms with van der Waals surface area (Å²) in [6.07, 6.45) is 1.84. The molecule has 1 aliphatic rings. The molecule has 178 valence electrons. The average molecular weight is 473 g/mol. The molecule has 0 saturated carbocycles. The lowest BCUT2D eigenvalue weighted by Gasteiger charge is -2.33. The van der Waals surface area contributed by atoms with Crippen molar-refractivity contribution in [3.8, 4) is 11.5 Å². The van der Waals surface area contributed by atoms with Crippen LogP contribution in [0.2, 0.25) is 0 Å². The highest BCUT2D eigenvalue weighted by molar-refractivity contribution is 5.94. The molecular weight excluding hydrogens is 447 g/mol. The summed E-state index contributed by atoms with van der Waals surface area (Å²) in [5, 5.41) is 15.4. The molecule has 0 radical (unpaired) electrons. The van der Waals surface area contributed by atoms with Gasteiger partial charge in [0.2, 0.25) is 5.95 Å². The van der Waals surface area contributed by atoms with E-state index in [4.69, 9.17) is 4.74 Å². The molecule has 2 heterocycles. The lowest BCUT2D eigenvalue weighted by atomic mass is 10.1. The number of nitrogens with zero attached hydrogens (tertiary/aromatic N) is 5. The molecule has 1 fully saturated rings. The van der Waals surface area contributed by atoms with Crippen LogP contribution in [-0.4, -0.2) is 45.2 Å². The number of piperidine rings is 1. The average Bonchev–Trinajstić information content (AvgIpc) is 3.34. The van der Waals surface area contributed by atoms with Gasteiger partial charge in [-0.2, -0.15) is 0 Å². The van der Waals surface area contributed by atoms with E-state index in [0.717, 1.165) is 24.9 Å². The smallest absolute Gasteiger partial charge is 0.251 e. The van der Waals surface area contributed by atoms with Crippen molar-refractivity contribution in [1.82, 2.24) is 25.5 Å². The molecule has 3 aromatic carbocycles. The number of anilines is 1. The number of amides is 1. The summed E-state index contributed by atoms with van der Waals surface area (Å²) >= 11 is 0. The zero-order chi connectivity index (χ0) is 24.0. The lowest BCUT2D eigenvalue weighted by Crippen LogP contribution is -2.48. The van der Waals surface area contributed by atoms with E-state index in [2.05, 4.69) is 25.7 Å². The van der Waals surface area contributed by atoms with Crippen LogP contribution in [0, 0.1) is 5.82 Å². The van der Waals surface area contributed by atoms with E-state index in [1.54, 1.807) is 16.8 Å². The van der Waals surface area contributed by atoms with Gasteiger partial charge in [-0.15, -0.1) is 0 Å². The fourth-order valence-corrected chi connectivity index (χ4v) is 4.17. The van der Waals surface area contributed by atoms with E-state index < -0.39 is 0 Å². The summed E-state index contributed by atoms with van der Waals surface area (Å²) < 4.78 is 20.8. The molecule has 1 atom stereocenters. The van der Waals surface area contributed by atoms with Crippen LogP contribution in [0.15, 0.2) is 78.9 Å². The van der Waals surface area contributed by atoms with Crippen molar-refractivity contribution in [2.45, 2.75) is 25.4 Å². The third kappa shape index (κ3) is 5.63. The minimum Gasteiger partial charge on any atom is -0.457 e. The second kappa shape index (κ2) is 10.3. The molecule has 1 amide bonds. The van der Waals surface area contributed by atoms with Crippen molar-refractivity contribution in [3.05, 3.63) is 95.8 Å². The number of tetrazole rings is 1. The number of ether oxygens (including phenoxy) is 1. The van der Waals surface area contributed by atoms with Gasteiger partial charge in [0, 0.05) is 30.8 Å². The van der Waals surface area contributed by atoms with Gasteiger partial charge in [0.1, 0.15) is 17.3 Å². The summed E-state index contributed by atoms with van der Waals surface area (Å²) in [5.41, 5.74) is 1.65. The van der Waals surface area contributed by atoms with E-state index in [1.165, 1.54) is 12.1 Å². The molecule has 0 bridgehead atoms. The largest absolute Gasteiger partial charge is 0.457 e. The van der Waals surface area contributed by atoms with Crippen LogP contribution in [-0.2, 0) is 6.54 Å². The molecule has 1 saturated heterocycles. The Bertz CT molecular complexity index is 1280. The minimum atomic E-state index is -0.343. The van der Waals surface area contributed by atoms with Crippen LogP contribution in [0.5, 0.6) is 11.5 Å². The molecule has 1 N–H and O–H groups in total. The lowest BCUT2D eigenvalue weighted by molar-refractivity contribution is 0.0933. The maximum Gasteiger partial charge on any atom is 0.251 e. The van der Waals surface area contributed by atoms with Crippen LogP contribution in [0.25, 0.3) is 0 Å². The summed E-state index contributed by atoms with van der Waals surface area (Å²) in [5.74, 6) is 1.31. The van der Waals surface area contributed by atoms with E-state index in [9.17, 15) is 9.18 Å². The number of nitrogens with one attached hydrogen (secondary N) is 1. The summed E-state index contributed by atoms with van der Waals surface area (Å²) in [4.78, 5) is 14.7. The fourth-order valence-electron chi connectivity index (χ4n) is 4.17. The number of halogens is 1. The number of aromatic nitrogens is 4. The molecule has 1 aliphatic heterocycles. The Morgan fingerprint density at radius 1 is 1.03 bits per heavy atom. The molecule has 9 heteroatoms. The van der Waals surface area contributed by atoms with Gasteiger partial charge in [-0.25, -0.2) is 9.07 Å². The van der Waals surface area contributed by atoms with Crippen molar-refractivity contribution in [2.75, 3.05) is 18.0 Å². The monoisotopic (exact) mass is 472 g/mol. The number of hydrogen-bond acceptors (Lipinski definition) is 6. The second-order valence-electron chi connectivity index (χ2n) is 8.46. The Labute approximate surface area is 202 Å². The van der Waals surface area contributed by atoms with Gasteiger partial charge in [0.15, 0.2) is 0 Å². The zero-order valence-corrected chi connectivity index (χ0v) is 19.0. The molecule has 0 spiro atoms. The van der Waals surface area contributed by atoms with Crippen molar-refractivity contribution >= 4 is 11.9 Å². The Morgan fingerprint density at radius 3 is 2.66 bits per heavy atom. The number of carbonyl (C=O) groups excluding carboxylic acids is 1. The van der Waals surface area contributed by atoms with Crippen molar-refractivity contribution < 1.29 is 13.9 Å². The third-order valence-corrected chi connectivity index (χ3v) is 5.88. The maximum atomic E-state index is 13.4. The number of rotatable bonds is 7. The van der Waals surface area contributed by atoms with E-state index in [1.807, 2.05) is 54.6 Å². The number of benzene rings is 3. The quantitative estimate of drug-likeness (QED) is 0.437. The van der Waals surface area contributed by atoms with E-state index in [-0.39, 0.29) is 17.8 Å². The Morgan fingerprint density at radius 2 is 1.86 bits per heavy atom. The van der Waals surface area contributed by atoms with Gasteiger partial charge in [-0.05, 0) is 65.2 Å². The van der Waals surface area contributed by atoms with Gasteiger partial charge in [-0.1, -0.05) is 41.5 Å². The number of hydrogen-bond donors (Lipinski definition) is 1. The molecule has 1 unspecified atom stereocenters. The van der Waals surface area contributed by atoms with Crippen LogP contribution in [0.4, 0.5) is 10.3 Å². The molecule has 5 rings (SSSR count). The highest BCUT2D eigenvalue weighted by atomic mass is 19.1. The maximum absolute atomic E-state index is 13.4. The Balaban J connectivity index is 1.22. The predicted octanol–water partition coefficient (Wildman–Crippen LogP) is 4.05. The molecule has 1 aromatic heterocycles. The summed E-state index contributed by atoms with van der Waals surface area (Å²) in [7, 11) is 0. The van der Waals surface area contributed by atoms with Crippen molar-refractivity contribution in [2.24, 2.45) is 0 Å². The summed E-state index contributed by atoms with van der Waals surface area (Å²) in [6, 6.07) is 22.8. The first-order valence-corrected chi connectivity index (χ1v) is 11.5. The predicted molar refractivity (Wildman–Crippen MR) is 129 cm³/mol. The van der Waals surface area contributed by atoms with Crippen molar-refractivity contribution in [3.63, 3.8) is 0 Å². The van der Waals surface area contributed by atoms with Gasteiger partial charge in [0.25, 0.3) is 5.91 Å². The van der Waals surface area contributed by atoms with E-state index in [0.29, 0.717) is 36.1 Å².